The zero-order valence-corrected chi connectivity index (χ0v) is 14.1. The molecule has 0 aliphatic carbocycles. The quantitative estimate of drug-likeness (QED) is 0.489. The summed E-state index contributed by atoms with van der Waals surface area (Å²) in [7, 11) is 0. The largest absolute Gasteiger partial charge is 0.438 e. The molecule has 0 radical (unpaired) electrons. The van der Waals surface area contributed by atoms with E-state index < -0.39 is 0 Å². The highest BCUT2D eigenvalue weighted by Crippen LogP contribution is 2.24. The second-order valence-electron chi connectivity index (χ2n) is 5.41. The number of benzene rings is 1. The summed E-state index contributed by atoms with van der Waals surface area (Å²) >= 11 is 1.60. The van der Waals surface area contributed by atoms with Crippen LogP contribution in [0.4, 0.5) is 0 Å². The minimum Gasteiger partial charge on any atom is -0.438 e. The molecule has 0 N–H and O–H groups in total. The molecule has 126 valence electrons. The fraction of sp³-hybridized carbons (Fsp3) is 0. The molecular weight excluding hydrogens is 350 g/mol. The van der Waals surface area contributed by atoms with Crippen LogP contribution in [0.1, 0.15) is 0 Å². The lowest BCUT2D eigenvalue weighted by Crippen LogP contribution is -1.98. The van der Waals surface area contributed by atoms with Crippen molar-refractivity contribution in [2.24, 2.45) is 0 Å². The van der Waals surface area contributed by atoms with Crippen LogP contribution >= 0.6 is 11.3 Å². The lowest BCUT2D eigenvalue weighted by Gasteiger charge is -2.06. The number of nitrogens with zero attached hydrogens (tertiary/aromatic N) is 7. The van der Waals surface area contributed by atoms with Crippen molar-refractivity contribution < 1.29 is 4.74 Å². The second-order valence-corrected chi connectivity index (χ2v) is 6.19. The monoisotopic (exact) mass is 361 g/mol. The Balaban J connectivity index is 1.45. The van der Waals surface area contributed by atoms with Crippen molar-refractivity contribution in [1.29, 1.82) is 0 Å². The van der Waals surface area contributed by atoms with Gasteiger partial charge in [-0.05, 0) is 41.8 Å². The summed E-state index contributed by atoms with van der Waals surface area (Å²) in [6.45, 7) is 0. The Morgan fingerprint density at radius 1 is 0.962 bits per heavy atom. The van der Waals surface area contributed by atoms with E-state index in [-0.39, 0.29) is 0 Å². The van der Waals surface area contributed by atoms with Crippen molar-refractivity contribution >= 4 is 17.0 Å². The van der Waals surface area contributed by atoms with Crippen molar-refractivity contribution in [2.75, 3.05) is 0 Å². The van der Waals surface area contributed by atoms with Gasteiger partial charge in [-0.25, -0.2) is 9.67 Å². The molecule has 1 aromatic carbocycles. The molecule has 0 saturated heterocycles. The first-order valence-electron chi connectivity index (χ1n) is 7.75. The Morgan fingerprint density at radius 3 is 2.65 bits per heavy atom. The molecule has 5 aromatic rings. The number of hydrogen-bond donors (Lipinski definition) is 0. The third kappa shape index (κ3) is 2.60. The van der Waals surface area contributed by atoms with Crippen LogP contribution in [0.2, 0.25) is 0 Å². The minimum atomic E-state index is 0.460. The SMILES string of the molecule is c1ncn(-c2ccc(Oc3ccc4nnc(-c5ccsc5)n4n3)cc2)n1. The average molecular weight is 361 g/mol. The summed E-state index contributed by atoms with van der Waals surface area (Å²) in [5, 5.41) is 21.0. The summed E-state index contributed by atoms with van der Waals surface area (Å²) in [6, 6.07) is 13.1. The molecule has 0 atom stereocenters. The molecule has 0 unspecified atom stereocenters. The summed E-state index contributed by atoms with van der Waals surface area (Å²) in [5.74, 6) is 1.82. The first-order valence-corrected chi connectivity index (χ1v) is 8.69. The smallest absolute Gasteiger partial charge is 0.237 e. The Bertz CT molecular complexity index is 1150. The van der Waals surface area contributed by atoms with E-state index in [0.29, 0.717) is 23.1 Å². The van der Waals surface area contributed by atoms with E-state index in [1.54, 1.807) is 32.9 Å². The van der Waals surface area contributed by atoms with Gasteiger partial charge in [-0.3, -0.25) is 0 Å². The number of rotatable bonds is 4. The summed E-state index contributed by atoms with van der Waals surface area (Å²) in [6.07, 6.45) is 3.14. The highest BCUT2D eigenvalue weighted by molar-refractivity contribution is 7.08. The molecule has 8 nitrogen and oxygen atoms in total. The van der Waals surface area contributed by atoms with Gasteiger partial charge in [0.1, 0.15) is 18.4 Å². The van der Waals surface area contributed by atoms with E-state index >= 15 is 0 Å². The second kappa shape index (κ2) is 6.05. The fourth-order valence-electron chi connectivity index (χ4n) is 2.53. The highest BCUT2D eigenvalue weighted by Gasteiger charge is 2.11. The number of fused-ring (bicyclic) bond motifs is 1. The molecule has 0 fully saturated rings. The zero-order chi connectivity index (χ0) is 17.3. The number of thiophene rings is 1. The summed E-state index contributed by atoms with van der Waals surface area (Å²) in [4.78, 5) is 3.94. The van der Waals surface area contributed by atoms with Crippen molar-refractivity contribution in [3.8, 4) is 28.7 Å². The van der Waals surface area contributed by atoms with E-state index in [1.807, 2.05) is 47.2 Å². The Labute approximate surface area is 151 Å². The molecule has 4 heterocycles. The Kier molecular flexibility index (Phi) is 3.42. The van der Waals surface area contributed by atoms with Gasteiger partial charge in [-0.1, -0.05) is 0 Å². The van der Waals surface area contributed by atoms with E-state index in [0.717, 1.165) is 11.3 Å². The Morgan fingerprint density at radius 2 is 1.88 bits per heavy atom. The maximum Gasteiger partial charge on any atom is 0.237 e. The van der Waals surface area contributed by atoms with Crippen LogP contribution in [0, 0.1) is 0 Å². The van der Waals surface area contributed by atoms with Gasteiger partial charge in [0.2, 0.25) is 5.88 Å². The lowest BCUT2D eigenvalue weighted by atomic mass is 10.3. The van der Waals surface area contributed by atoms with Gasteiger partial charge in [0.25, 0.3) is 0 Å². The van der Waals surface area contributed by atoms with Crippen LogP contribution in [0.25, 0.3) is 22.7 Å². The minimum absolute atomic E-state index is 0.460. The number of aromatic nitrogens is 7. The standard InChI is InChI=1S/C17H11N7OS/c1-3-14(4-2-13(1)23-11-18-10-19-23)25-16-6-5-15-20-21-17(24(15)22-16)12-7-8-26-9-12/h1-11H. The number of hydrogen-bond acceptors (Lipinski definition) is 7. The molecule has 0 aliphatic rings. The third-order valence-corrected chi connectivity index (χ3v) is 4.44. The maximum atomic E-state index is 5.87. The molecule has 0 bridgehead atoms. The normalized spacial score (nSPS) is 11.1. The zero-order valence-electron chi connectivity index (χ0n) is 13.3. The van der Waals surface area contributed by atoms with Crippen molar-refractivity contribution in [3.05, 3.63) is 65.9 Å². The van der Waals surface area contributed by atoms with E-state index in [4.69, 9.17) is 4.74 Å². The molecule has 4 aromatic heterocycles. The van der Waals surface area contributed by atoms with Gasteiger partial charge < -0.3 is 4.74 Å². The van der Waals surface area contributed by atoms with Crippen molar-refractivity contribution in [3.63, 3.8) is 0 Å². The van der Waals surface area contributed by atoms with Crippen LogP contribution in [-0.4, -0.2) is 34.6 Å². The molecule has 0 saturated carbocycles. The molecule has 0 amide bonds. The van der Waals surface area contributed by atoms with Gasteiger partial charge in [0.15, 0.2) is 11.5 Å². The van der Waals surface area contributed by atoms with Crippen LogP contribution in [-0.2, 0) is 0 Å². The molecule has 5 rings (SSSR count). The van der Waals surface area contributed by atoms with Crippen LogP contribution in [0.5, 0.6) is 11.6 Å². The molecule has 9 heteroatoms. The predicted octanol–water partition coefficient (Wildman–Crippen LogP) is 3.23. The summed E-state index contributed by atoms with van der Waals surface area (Å²) in [5.41, 5.74) is 2.54. The fourth-order valence-corrected chi connectivity index (χ4v) is 3.16. The first kappa shape index (κ1) is 14.7. The van der Waals surface area contributed by atoms with Crippen molar-refractivity contribution in [1.82, 2.24) is 34.6 Å². The van der Waals surface area contributed by atoms with E-state index in [9.17, 15) is 0 Å². The maximum absolute atomic E-state index is 5.87. The van der Waals surface area contributed by atoms with E-state index in [2.05, 4.69) is 25.4 Å². The van der Waals surface area contributed by atoms with Gasteiger partial charge in [0, 0.05) is 17.0 Å². The molecule has 26 heavy (non-hydrogen) atoms. The topological polar surface area (TPSA) is 83.0 Å². The lowest BCUT2D eigenvalue weighted by molar-refractivity contribution is 0.452. The third-order valence-electron chi connectivity index (χ3n) is 3.76. The van der Waals surface area contributed by atoms with Gasteiger partial charge >= 0.3 is 0 Å². The molecule has 0 aliphatic heterocycles. The molecule has 0 spiro atoms. The van der Waals surface area contributed by atoms with Crippen LogP contribution in [0.15, 0.2) is 65.9 Å². The van der Waals surface area contributed by atoms with Gasteiger partial charge in [0.05, 0.1) is 5.69 Å². The van der Waals surface area contributed by atoms with Gasteiger partial charge in [-0.2, -0.15) is 21.0 Å². The number of ether oxygens (including phenoxy) is 1. The molecular formula is C17H11N7OS. The predicted molar refractivity (Wildman–Crippen MR) is 95.5 cm³/mol. The van der Waals surface area contributed by atoms with Crippen LogP contribution < -0.4 is 4.74 Å². The summed E-state index contributed by atoms with van der Waals surface area (Å²) < 4.78 is 9.23. The Hall–Kier alpha value is -3.59. The first-order chi connectivity index (χ1) is 12.9. The highest BCUT2D eigenvalue weighted by atomic mass is 32.1. The van der Waals surface area contributed by atoms with E-state index in [1.165, 1.54) is 6.33 Å². The van der Waals surface area contributed by atoms with Crippen molar-refractivity contribution in [2.45, 2.75) is 0 Å². The van der Waals surface area contributed by atoms with Crippen LogP contribution in [0.3, 0.4) is 0 Å². The average Bonchev–Trinajstić information content (AvgIpc) is 3.43. The van der Waals surface area contributed by atoms with Gasteiger partial charge in [-0.15, -0.1) is 15.3 Å².